The van der Waals surface area contributed by atoms with Crippen LogP contribution in [0.15, 0.2) is 53.4 Å². The second kappa shape index (κ2) is 17.5. The zero-order valence-electron chi connectivity index (χ0n) is 26.9. The molecule has 1 saturated carbocycles. The van der Waals surface area contributed by atoms with Crippen molar-refractivity contribution in [3.05, 3.63) is 59.7 Å². The number of aliphatic hydroxyl groups is 1. The van der Waals surface area contributed by atoms with Gasteiger partial charge in [-0.2, -0.15) is 8.42 Å². The first kappa shape index (κ1) is 39.5. The number of phenolic OH excluding ortho intramolecular Hbond substituents is 1. The molecule has 2 aliphatic rings. The van der Waals surface area contributed by atoms with Gasteiger partial charge in [-0.15, -0.1) is 11.8 Å². The molecule has 0 radical (unpaired) electrons. The largest absolute Gasteiger partial charge is 0.508 e. The van der Waals surface area contributed by atoms with E-state index in [0.29, 0.717) is 41.5 Å². The predicted molar refractivity (Wildman–Crippen MR) is 185 cm³/mol. The SMILES string of the molecule is C.CS(=O)(=O)O.Cc1c(O)cccc1C(=O)N[C@@H](CSc1ccccc1)[C@H](O)CN1C[C@H]2CCCC[C@H]2CC1C(=O)NC(C)(C)C. The molecule has 12 heteroatoms. The number of fused-ring (bicyclic) bond motifs is 1. The third kappa shape index (κ3) is 12.9. The molecule has 1 saturated heterocycles. The molecule has 1 heterocycles. The maximum Gasteiger partial charge on any atom is 0.261 e. The van der Waals surface area contributed by atoms with Crippen LogP contribution in [0.25, 0.3) is 0 Å². The molecular weight excluding hydrogens is 627 g/mol. The number of nitrogens with one attached hydrogen (secondary N) is 2. The summed E-state index contributed by atoms with van der Waals surface area (Å²) in [5.74, 6) is 1.27. The number of nitrogens with zero attached hydrogens (tertiary/aromatic N) is 1. The summed E-state index contributed by atoms with van der Waals surface area (Å²) < 4.78 is 25.9. The number of β-amino-alcohol motifs (C(OH)–C–C–N with tert-alkyl or cyclic N) is 1. The number of piperidine rings is 1. The smallest absolute Gasteiger partial charge is 0.261 e. The van der Waals surface area contributed by atoms with E-state index in [2.05, 4.69) is 15.5 Å². The van der Waals surface area contributed by atoms with Crippen LogP contribution < -0.4 is 10.6 Å². The number of thioether (sulfide) groups is 1. The second-order valence-electron chi connectivity index (χ2n) is 13.2. The highest BCUT2D eigenvalue weighted by molar-refractivity contribution is 7.99. The second-order valence-corrected chi connectivity index (χ2v) is 15.8. The average Bonchev–Trinajstić information content (AvgIpc) is 2.95. The van der Waals surface area contributed by atoms with E-state index in [9.17, 15) is 28.2 Å². The van der Waals surface area contributed by atoms with E-state index in [1.165, 1.54) is 12.8 Å². The van der Waals surface area contributed by atoms with Gasteiger partial charge < -0.3 is 20.8 Å². The number of aromatic hydroxyl groups is 1. The van der Waals surface area contributed by atoms with Crippen LogP contribution in [0.3, 0.4) is 0 Å². The van der Waals surface area contributed by atoms with E-state index in [4.69, 9.17) is 4.55 Å². The number of amides is 2. The van der Waals surface area contributed by atoms with E-state index in [1.54, 1.807) is 36.9 Å². The Labute approximate surface area is 279 Å². The third-order valence-corrected chi connectivity index (χ3v) is 9.36. The number of likely N-dealkylation sites (tertiary alicyclic amines) is 1. The Balaban J connectivity index is 0.00000114. The molecule has 5 N–H and O–H groups in total. The Morgan fingerprint density at radius 2 is 1.65 bits per heavy atom. The molecule has 0 bridgehead atoms. The highest BCUT2D eigenvalue weighted by Crippen LogP contribution is 2.39. The summed E-state index contributed by atoms with van der Waals surface area (Å²) in [6.07, 6.45) is 5.39. The van der Waals surface area contributed by atoms with Crippen molar-refractivity contribution < 1.29 is 32.8 Å². The zero-order chi connectivity index (χ0) is 33.4. The fourth-order valence-electron chi connectivity index (χ4n) is 6.06. The van der Waals surface area contributed by atoms with Crippen LogP contribution in [-0.4, -0.2) is 88.7 Å². The maximum absolute atomic E-state index is 13.5. The minimum Gasteiger partial charge on any atom is -0.508 e. The van der Waals surface area contributed by atoms with Crippen molar-refractivity contribution in [2.45, 2.75) is 95.8 Å². The van der Waals surface area contributed by atoms with E-state index < -0.39 is 22.3 Å². The molecule has 1 aliphatic heterocycles. The van der Waals surface area contributed by atoms with Crippen LogP contribution in [-0.2, 0) is 14.9 Å². The van der Waals surface area contributed by atoms with Crippen LogP contribution in [0.5, 0.6) is 5.75 Å². The van der Waals surface area contributed by atoms with Gasteiger partial charge in [0.05, 0.1) is 24.4 Å². The normalized spacial score (nSPS) is 21.3. The minimum absolute atomic E-state index is 0. The van der Waals surface area contributed by atoms with Gasteiger partial charge >= 0.3 is 0 Å². The molecule has 0 aromatic heterocycles. The number of benzene rings is 2. The lowest BCUT2D eigenvalue weighted by molar-refractivity contribution is -0.132. The van der Waals surface area contributed by atoms with Crippen molar-refractivity contribution in [2.24, 2.45) is 11.8 Å². The third-order valence-electron chi connectivity index (χ3n) is 8.23. The lowest BCUT2D eigenvalue weighted by Gasteiger charge is -2.47. The molecule has 1 aliphatic carbocycles. The topological polar surface area (TPSA) is 156 Å². The van der Waals surface area contributed by atoms with Gasteiger partial charge in [0.1, 0.15) is 5.75 Å². The van der Waals surface area contributed by atoms with Crippen LogP contribution in [0.4, 0.5) is 0 Å². The lowest BCUT2D eigenvalue weighted by Crippen LogP contribution is -2.60. The van der Waals surface area contributed by atoms with Gasteiger partial charge in [0, 0.05) is 40.4 Å². The summed E-state index contributed by atoms with van der Waals surface area (Å²) in [6.45, 7) is 8.76. The Bertz CT molecular complexity index is 1370. The Hall–Kier alpha value is -2.64. The molecule has 1 unspecified atom stereocenters. The van der Waals surface area contributed by atoms with Crippen molar-refractivity contribution in [3.63, 3.8) is 0 Å². The van der Waals surface area contributed by atoms with E-state index in [0.717, 1.165) is 30.7 Å². The van der Waals surface area contributed by atoms with Crippen molar-refractivity contribution in [2.75, 3.05) is 25.1 Å². The Kier molecular flexibility index (Phi) is 15.0. The molecule has 2 aromatic carbocycles. The molecule has 0 spiro atoms. The van der Waals surface area contributed by atoms with Gasteiger partial charge in [0.2, 0.25) is 5.91 Å². The molecule has 2 fully saturated rings. The van der Waals surface area contributed by atoms with Gasteiger partial charge in [0.25, 0.3) is 16.0 Å². The molecule has 10 nitrogen and oxygen atoms in total. The molecule has 4 rings (SSSR count). The highest BCUT2D eigenvalue weighted by Gasteiger charge is 2.41. The monoisotopic (exact) mass is 679 g/mol. The summed E-state index contributed by atoms with van der Waals surface area (Å²) in [7, 11) is -3.67. The summed E-state index contributed by atoms with van der Waals surface area (Å²) in [6, 6.07) is 13.9. The summed E-state index contributed by atoms with van der Waals surface area (Å²) in [5, 5.41) is 28.0. The number of hydrogen-bond donors (Lipinski definition) is 5. The van der Waals surface area contributed by atoms with Gasteiger partial charge in [-0.3, -0.25) is 19.0 Å². The van der Waals surface area contributed by atoms with Crippen LogP contribution in [0.2, 0.25) is 0 Å². The van der Waals surface area contributed by atoms with E-state index >= 15 is 0 Å². The number of aliphatic hydroxyl groups excluding tert-OH is 1. The van der Waals surface area contributed by atoms with Crippen molar-refractivity contribution in [1.29, 1.82) is 0 Å². The van der Waals surface area contributed by atoms with Crippen molar-refractivity contribution in [3.8, 4) is 5.75 Å². The van der Waals surface area contributed by atoms with Crippen LogP contribution in [0.1, 0.15) is 76.2 Å². The van der Waals surface area contributed by atoms with Crippen molar-refractivity contribution in [1.82, 2.24) is 15.5 Å². The molecule has 5 atom stereocenters. The minimum atomic E-state index is -3.67. The quantitative estimate of drug-likeness (QED) is 0.184. The van der Waals surface area contributed by atoms with Crippen LogP contribution >= 0.6 is 11.8 Å². The van der Waals surface area contributed by atoms with Gasteiger partial charge in [-0.05, 0) is 76.6 Å². The van der Waals surface area contributed by atoms with Crippen molar-refractivity contribution >= 4 is 33.7 Å². The number of carbonyl (C=O) groups excluding carboxylic acids is 2. The first-order chi connectivity index (χ1) is 21.0. The average molecular weight is 680 g/mol. The summed E-state index contributed by atoms with van der Waals surface area (Å²) in [5.41, 5.74) is 0.543. The van der Waals surface area contributed by atoms with Gasteiger partial charge in [-0.25, -0.2) is 0 Å². The van der Waals surface area contributed by atoms with Gasteiger partial charge in [0.15, 0.2) is 0 Å². The number of rotatable bonds is 9. The number of carbonyl (C=O) groups is 2. The maximum atomic E-state index is 13.5. The first-order valence-electron chi connectivity index (χ1n) is 15.5. The molecule has 2 aromatic rings. The Morgan fingerprint density at radius 1 is 1.04 bits per heavy atom. The summed E-state index contributed by atoms with van der Waals surface area (Å²) in [4.78, 5) is 30.0. The fourth-order valence-corrected chi connectivity index (χ4v) is 7.09. The number of hydrogen-bond acceptors (Lipinski definition) is 8. The molecule has 46 heavy (non-hydrogen) atoms. The molecule has 2 amide bonds. The fraction of sp³-hybridized carbons (Fsp3) is 0.588. The van der Waals surface area contributed by atoms with Gasteiger partial charge in [-0.1, -0.05) is 51.0 Å². The lowest BCUT2D eigenvalue weighted by atomic mass is 9.72. The molecule has 258 valence electrons. The van der Waals surface area contributed by atoms with E-state index in [1.807, 2.05) is 51.1 Å². The standard InChI is InChI=1S/C32H45N3O4S.CH4O3S.CH4/c1-21-25(15-10-16-28(21)36)30(38)33-26(20-40-24-13-6-5-7-14-24)29(37)19-35-18-23-12-9-8-11-22(23)17-27(35)31(39)34-32(2,3)4;1-5(2,3)4;/h5-7,10,13-16,22-23,26-27,29,36-37H,8-9,11-12,17-20H2,1-4H3,(H,33,38)(H,34,39);1H3,(H,2,3,4);1H4/t22-,23+,26-,27?,29+;;/m0../s1. The number of phenols is 1. The Morgan fingerprint density at radius 3 is 2.26 bits per heavy atom. The van der Waals surface area contributed by atoms with E-state index in [-0.39, 0.29) is 36.6 Å². The predicted octanol–water partition coefficient (Wildman–Crippen LogP) is 4.89. The summed E-state index contributed by atoms with van der Waals surface area (Å²) >= 11 is 1.57. The highest BCUT2D eigenvalue weighted by atomic mass is 32.2. The molecular formula is C34H53N3O7S2. The zero-order valence-corrected chi connectivity index (χ0v) is 28.5. The van der Waals surface area contributed by atoms with Crippen LogP contribution in [0, 0.1) is 18.8 Å². The first-order valence-corrected chi connectivity index (χ1v) is 18.3.